The Bertz CT molecular complexity index is 242. The van der Waals surface area contributed by atoms with Gasteiger partial charge in [-0.2, -0.15) is 0 Å². The molecule has 1 saturated carbocycles. The molecule has 1 N–H and O–H groups in total. The topological polar surface area (TPSA) is 12.0 Å². The minimum atomic E-state index is 0.499. The van der Waals surface area contributed by atoms with Gasteiger partial charge in [-0.1, -0.05) is 39.2 Å². The lowest BCUT2D eigenvalue weighted by atomic mass is 9.65. The molecule has 0 bridgehead atoms. The molecule has 0 heterocycles. The largest absolute Gasteiger partial charge is 0.313 e. The van der Waals surface area contributed by atoms with Crippen molar-refractivity contribution in [3.05, 3.63) is 12.2 Å². The van der Waals surface area contributed by atoms with Gasteiger partial charge in [0.1, 0.15) is 0 Å². The SMILES string of the molecule is C=C(C)CC(NCCC)C1CCCCC1(C)C. The van der Waals surface area contributed by atoms with Gasteiger partial charge in [-0.25, -0.2) is 0 Å². The molecule has 1 aliphatic carbocycles. The van der Waals surface area contributed by atoms with E-state index in [1.54, 1.807) is 0 Å². The normalized spacial score (nSPS) is 25.5. The molecule has 17 heavy (non-hydrogen) atoms. The Kier molecular flexibility index (Phi) is 5.72. The molecule has 1 aliphatic rings. The highest BCUT2D eigenvalue weighted by Gasteiger charge is 2.36. The van der Waals surface area contributed by atoms with E-state index in [9.17, 15) is 0 Å². The number of nitrogens with one attached hydrogen (secondary N) is 1. The van der Waals surface area contributed by atoms with E-state index in [0.29, 0.717) is 11.5 Å². The number of hydrogen-bond acceptors (Lipinski definition) is 1. The molecule has 0 aromatic heterocycles. The van der Waals surface area contributed by atoms with Crippen molar-refractivity contribution in [2.24, 2.45) is 11.3 Å². The molecule has 0 aromatic rings. The smallest absolute Gasteiger partial charge is 0.0137 e. The molecule has 0 spiro atoms. The summed E-state index contributed by atoms with van der Waals surface area (Å²) in [5, 5.41) is 3.77. The third-order valence-electron chi connectivity index (χ3n) is 4.30. The van der Waals surface area contributed by atoms with Crippen molar-refractivity contribution >= 4 is 0 Å². The van der Waals surface area contributed by atoms with Crippen LogP contribution < -0.4 is 5.32 Å². The highest BCUT2D eigenvalue weighted by Crippen LogP contribution is 2.43. The summed E-state index contributed by atoms with van der Waals surface area (Å²) in [5.41, 5.74) is 1.82. The molecule has 1 fully saturated rings. The Morgan fingerprint density at radius 2 is 2.12 bits per heavy atom. The van der Waals surface area contributed by atoms with Gasteiger partial charge in [0.05, 0.1) is 0 Å². The summed E-state index contributed by atoms with van der Waals surface area (Å²) in [6.45, 7) is 14.6. The van der Waals surface area contributed by atoms with Crippen LogP contribution in [0.1, 0.15) is 66.2 Å². The van der Waals surface area contributed by atoms with Crippen molar-refractivity contribution < 1.29 is 0 Å². The second kappa shape index (κ2) is 6.58. The zero-order valence-electron chi connectivity index (χ0n) is 12.3. The number of rotatable bonds is 6. The minimum absolute atomic E-state index is 0.499. The monoisotopic (exact) mass is 237 g/mol. The molecule has 0 amide bonds. The molecule has 2 unspecified atom stereocenters. The van der Waals surface area contributed by atoms with Gasteiger partial charge < -0.3 is 5.32 Å². The van der Waals surface area contributed by atoms with Crippen LogP contribution in [0.15, 0.2) is 12.2 Å². The van der Waals surface area contributed by atoms with Crippen LogP contribution in [0, 0.1) is 11.3 Å². The zero-order valence-corrected chi connectivity index (χ0v) is 12.3. The van der Waals surface area contributed by atoms with Crippen LogP contribution >= 0.6 is 0 Å². The molecule has 1 rings (SSSR count). The summed E-state index contributed by atoms with van der Waals surface area (Å²) in [5.74, 6) is 0.819. The summed E-state index contributed by atoms with van der Waals surface area (Å²) in [4.78, 5) is 0. The fourth-order valence-corrected chi connectivity index (χ4v) is 3.33. The lowest BCUT2D eigenvalue weighted by Crippen LogP contribution is -2.45. The van der Waals surface area contributed by atoms with E-state index in [1.165, 1.54) is 37.7 Å². The van der Waals surface area contributed by atoms with Crippen molar-refractivity contribution in [2.75, 3.05) is 6.54 Å². The Labute approximate surface area is 108 Å². The van der Waals surface area contributed by atoms with Crippen LogP contribution in [0.5, 0.6) is 0 Å². The minimum Gasteiger partial charge on any atom is -0.313 e. The Balaban J connectivity index is 2.68. The van der Waals surface area contributed by atoms with Crippen molar-refractivity contribution in [2.45, 2.75) is 72.3 Å². The van der Waals surface area contributed by atoms with E-state index >= 15 is 0 Å². The van der Waals surface area contributed by atoms with E-state index < -0.39 is 0 Å². The fraction of sp³-hybridized carbons (Fsp3) is 0.875. The molecule has 0 aromatic carbocycles. The van der Waals surface area contributed by atoms with Crippen LogP contribution in [0.2, 0.25) is 0 Å². The first-order valence-electron chi connectivity index (χ1n) is 7.35. The van der Waals surface area contributed by atoms with Crippen molar-refractivity contribution in [3.63, 3.8) is 0 Å². The zero-order chi connectivity index (χ0) is 12.9. The first-order valence-corrected chi connectivity index (χ1v) is 7.35. The molecule has 0 saturated heterocycles. The molecule has 1 heteroatoms. The molecule has 100 valence electrons. The van der Waals surface area contributed by atoms with E-state index in [4.69, 9.17) is 0 Å². The van der Waals surface area contributed by atoms with Gasteiger partial charge in [-0.05, 0) is 50.5 Å². The molecule has 0 aliphatic heterocycles. The summed E-state index contributed by atoms with van der Waals surface area (Å²) in [7, 11) is 0. The van der Waals surface area contributed by atoms with Crippen LogP contribution in [-0.2, 0) is 0 Å². The maximum Gasteiger partial charge on any atom is 0.0137 e. The highest BCUT2D eigenvalue weighted by atomic mass is 14.9. The lowest BCUT2D eigenvalue weighted by molar-refractivity contribution is 0.0981. The van der Waals surface area contributed by atoms with Gasteiger partial charge in [-0.3, -0.25) is 0 Å². The van der Waals surface area contributed by atoms with Crippen LogP contribution in [-0.4, -0.2) is 12.6 Å². The number of hydrogen-bond donors (Lipinski definition) is 1. The molecule has 1 nitrogen and oxygen atoms in total. The third-order valence-corrected chi connectivity index (χ3v) is 4.30. The molecular formula is C16H31N. The first-order chi connectivity index (χ1) is 7.97. The molecule has 2 atom stereocenters. The van der Waals surface area contributed by atoms with Gasteiger partial charge >= 0.3 is 0 Å². The van der Waals surface area contributed by atoms with Crippen molar-refractivity contribution in [3.8, 4) is 0 Å². The van der Waals surface area contributed by atoms with Crippen LogP contribution in [0.3, 0.4) is 0 Å². The third kappa shape index (κ3) is 4.46. The fourth-order valence-electron chi connectivity index (χ4n) is 3.33. The van der Waals surface area contributed by atoms with Crippen molar-refractivity contribution in [1.29, 1.82) is 0 Å². The average Bonchev–Trinajstić information content (AvgIpc) is 2.23. The summed E-state index contributed by atoms with van der Waals surface area (Å²) in [6, 6.07) is 0.641. The second-order valence-corrected chi connectivity index (χ2v) is 6.56. The van der Waals surface area contributed by atoms with Gasteiger partial charge in [0.15, 0.2) is 0 Å². The predicted octanol–water partition coefficient (Wildman–Crippen LogP) is 4.54. The van der Waals surface area contributed by atoms with E-state index in [0.717, 1.165) is 18.9 Å². The highest BCUT2D eigenvalue weighted by molar-refractivity contribution is 4.99. The van der Waals surface area contributed by atoms with Crippen molar-refractivity contribution in [1.82, 2.24) is 5.32 Å². The summed E-state index contributed by atoms with van der Waals surface area (Å²) >= 11 is 0. The standard InChI is InChI=1S/C16H31N/c1-6-11-17-15(12-13(2)3)14-9-7-8-10-16(14,4)5/h14-15,17H,2,6-12H2,1,3-5H3. The maximum atomic E-state index is 4.11. The Morgan fingerprint density at radius 3 is 2.65 bits per heavy atom. The Morgan fingerprint density at radius 1 is 1.41 bits per heavy atom. The molecule has 0 radical (unpaired) electrons. The van der Waals surface area contributed by atoms with Gasteiger partial charge in [0.25, 0.3) is 0 Å². The van der Waals surface area contributed by atoms with Crippen LogP contribution in [0.25, 0.3) is 0 Å². The summed E-state index contributed by atoms with van der Waals surface area (Å²) in [6.07, 6.45) is 7.97. The first kappa shape index (κ1) is 14.8. The molecular weight excluding hydrogens is 206 g/mol. The van der Waals surface area contributed by atoms with Gasteiger partial charge in [0, 0.05) is 6.04 Å². The average molecular weight is 237 g/mol. The summed E-state index contributed by atoms with van der Waals surface area (Å²) < 4.78 is 0. The van der Waals surface area contributed by atoms with E-state index in [1.807, 2.05) is 0 Å². The quantitative estimate of drug-likeness (QED) is 0.669. The predicted molar refractivity (Wildman–Crippen MR) is 77.3 cm³/mol. The van der Waals surface area contributed by atoms with Gasteiger partial charge in [0.2, 0.25) is 0 Å². The second-order valence-electron chi connectivity index (χ2n) is 6.56. The van der Waals surface area contributed by atoms with Gasteiger partial charge in [-0.15, -0.1) is 6.58 Å². The lowest BCUT2D eigenvalue weighted by Gasteiger charge is -2.44. The maximum absolute atomic E-state index is 4.11. The van der Waals surface area contributed by atoms with E-state index in [-0.39, 0.29) is 0 Å². The Hall–Kier alpha value is -0.300. The van der Waals surface area contributed by atoms with E-state index in [2.05, 4.69) is 39.6 Å². The van der Waals surface area contributed by atoms with Crippen LogP contribution in [0.4, 0.5) is 0 Å².